The molecule has 1 amide bonds. The number of carboxylic acids is 1. The van der Waals surface area contributed by atoms with Gasteiger partial charge in [-0.15, -0.1) is 0 Å². The van der Waals surface area contributed by atoms with E-state index in [9.17, 15) is 14.7 Å². The van der Waals surface area contributed by atoms with Gasteiger partial charge in [0, 0.05) is 24.9 Å². The van der Waals surface area contributed by atoms with E-state index in [2.05, 4.69) is 29.2 Å². The smallest absolute Gasteiger partial charge is 0.409 e. The first-order valence-corrected chi connectivity index (χ1v) is 9.90. The Bertz CT molecular complexity index is 1080. The van der Waals surface area contributed by atoms with Crippen LogP contribution in [0.3, 0.4) is 0 Å². The number of aromatic nitrogens is 1. The monoisotopic (exact) mass is 404 g/mol. The number of nitrogens with zero attached hydrogens (tertiary/aromatic N) is 2. The van der Waals surface area contributed by atoms with Crippen LogP contribution in [-0.2, 0) is 4.74 Å². The first-order valence-electron chi connectivity index (χ1n) is 9.90. The van der Waals surface area contributed by atoms with Crippen molar-refractivity contribution in [3.05, 3.63) is 77.5 Å². The number of oxazole rings is 1. The van der Waals surface area contributed by atoms with Gasteiger partial charge in [-0.3, -0.25) is 0 Å². The number of hydrogen-bond donors (Lipinski definition) is 1. The van der Waals surface area contributed by atoms with Crippen LogP contribution in [0.5, 0.6) is 0 Å². The molecule has 1 N–H and O–H groups in total. The second-order valence-corrected chi connectivity index (χ2v) is 7.61. The highest BCUT2D eigenvalue weighted by Crippen LogP contribution is 2.44. The molecule has 0 saturated carbocycles. The number of amides is 1. The molecule has 1 aromatic heterocycles. The van der Waals surface area contributed by atoms with Gasteiger partial charge in [0.15, 0.2) is 12.1 Å². The average molecular weight is 404 g/mol. The number of hydrogen-bond acceptors (Lipinski definition) is 5. The molecule has 1 fully saturated rings. The first-order chi connectivity index (χ1) is 14.6. The van der Waals surface area contributed by atoms with Crippen molar-refractivity contribution in [2.24, 2.45) is 0 Å². The maximum absolute atomic E-state index is 12.7. The number of likely N-dealkylation sites (tertiary alicyclic amines) is 1. The molecule has 0 bridgehead atoms. The minimum absolute atomic E-state index is 0.00707. The molecule has 3 aromatic rings. The summed E-state index contributed by atoms with van der Waals surface area (Å²) in [4.78, 5) is 29.3. The molecule has 1 saturated heterocycles. The highest BCUT2D eigenvalue weighted by Gasteiger charge is 2.35. The maximum Gasteiger partial charge on any atom is 0.409 e. The van der Waals surface area contributed by atoms with Crippen LogP contribution in [-0.4, -0.2) is 46.7 Å². The lowest BCUT2D eigenvalue weighted by atomic mass is 9.98. The quantitative estimate of drug-likeness (QED) is 0.703. The predicted molar refractivity (Wildman–Crippen MR) is 107 cm³/mol. The number of carbonyl (C=O) groups excluding carboxylic acids is 1. The molecule has 1 aliphatic carbocycles. The summed E-state index contributed by atoms with van der Waals surface area (Å²) < 4.78 is 11.0. The van der Waals surface area contributed by atoms with Crippen LogP contribution >= 0.6 is 0 Å². The summed E-state index contributed by atoms with van der Waals surface area (Å²) in [5.74, 6) is -0.999. The fourth-order valence-corrected chi connectivity index (χ4v) is 4.53. The molecule has 0 spiro atoms. The maximum atomic E-state index is 12.7. The SMILES string of the molecule is O=C(O)c1ncoc1C1CCN(C(=O)OCC2c3ccccc3-c3ccccc32)C1. The largest absolute Gasteiger partial charge is 0.476 e. The van der Waals surface area contributed by atoms with Gasteiger partial charge in [-0.05, 0) is 28.7 Å². The summed E-state index contributed by atoms with van der Waals surface area (Å²) >= 11 is 0. The van der Waals surface area contributed by atoms with Crippen molar-refractivity contribution in [1.29, 1.82) is 0 Å². The number of fused-ring (bicyclic) bond motifs is 3. The van der Waals surface area contributed by atoms with Crippen molar-refractivity contribution in [1.82, 2.24) is 9.88 Å². The predicted octanol–water partition coefficient (Wildman–Crippen LogP) is 4.11. The fourth-order valence-electron chi connectivity index (χ4n) is 4.53. The van der Waals surface area contributed by atoms with Crippen molar-refractivity contribution in [3.63, 3.8) is 0 Å². The summed E-state index contributed by atoms with van der Waals surface area (Å²) in [6.07, 6.45) is 1.35. The van der Waals surface area contributed by atoms with Crippen molar-refractivity contribution in [2.45, 2.75) is 18.3 Å². The average Bonchev–Trinajstić information content (AvgIpc) is 3.49. The van der Waals surface area contributed by atoms with E-state index in [1.807, 2.05) is 24.3 Å². The van der Waals surface area contributed by atoms with Gasteiger partial charge in [-0.1, -0.05) is 48.5 Å². The van der Waals surface area contributed by atoms with Crippen LogP contribution in [0.4, 0.5) is 4.79 Å². The van der Waals surface area contributed by atoms with Crippen molar-refractivity contribution < 1.29 is 23.8 Å². The van der Waals surface area contributed by atoms with Crippen molar-refractivity contribution in [2.75, 3.05) is 19.7 Å². The summed E-state index contributed by atoms with van der Waals surface area (Å²) in [7, 11) is 0. The van der Waals surface area contributed by atoms with Crippen molar-refractivity contribution in [3.8, 4) is 11.1 Å². The second-order valence-electron chi connectivity index (χ2n) is 7.61. The van der Waals surface area contributed by atoms with Gasteiger partial charge in [0.2, 0.25) is 0 Å². The summed E-state index contributed by atoms with van der Waals surface area (Å²) in [6.45, 7) is 1.10. The van der Waals surface area contributed by atoms with E-state index in [1.54, 1.807) is 4.90 Å². The Labute approximate surface area is 172 Å². The van der Waals surface area contributed by atoms with E-state index < -0.39 is 12.1 Å². The Morgan fingerprint density at radius 1 is 1.10 bits per heavy atom. The molecule has 2 heterocycles. The molecule has 0 radical (unpaired) electrons. The lowest BCUT2D eigenvalue weighted by molar-refractivity contribution is 0.0688. The zero-order valence-electron chi connectivity index (χ0n) is 16.2. The third kappa shape index (κ3) is 3.03. The van der Waals surface area contributed by atoms with E-state index in [-0.39, 0.29) is 24.1 Å². The highest BCUT2D eigenvalue weighted by atomic mass is 16.6. The third-order valence-electron chi connectivity index (χ3n) is 5.95. The molecule has 7 heteroatoms. The molecular weight excluding hydrogens is 384 g/mol. The van der Waals surface area contributed by atoms with Crippen LogP contribution in [0.25, 0.3) is 11.1 Å². The molecule has 1 aliphatic heterocycles. The summed E-state index contributed by atoms with van der Waals surface area (Å²) in [5.41, 5.74) is 4.61. The van der Waals surface area contributed by atoms with Gasteiger partial charge in [0.25, 0.3) is 0 Å². The van der Waals surface area contributed by atoms with E-state index in [0.29, 0.717) is 25.3 Å². The van der Waals surface area contributed by atoms with Gasteiger partial charge < -0.3 is 19.2 Å². The van der Waals surface area contributed by atoms with Gasteiger partial charge >= 0.3 is 12.1 Å². The third-order valence-corrected chi connectivity index (χ3v) is 5.95. The lowest BCUT2D eigenvalue weighted by Gasteiger charge is -2.19. The Morgan fingerprint density at radius 3 is 2.43 bits per heavy atom. The minimum Gasteiger partial charge on any atom is -0.476 e. The molecular formula is C23H20N2O5. The van der Waals surface area contributed by atoms with E-state index in [0.717, 1.165) is 6.39 Å². The van der Waals surface area contributed by atoms with Crippen LogP contribution in [0.1, 0.15) is 45.6 Å². The fraction of sp³-hybridized carbons (Fsp3) is 0.261. The topological polar surface area (TPSA) is 92.9 Å². The number of ether oxygens (including phenoxy) is 1. The van der Waals surface area contributed by atoms with Crippen LogP contribution in [0.15, 0.2) is 59.3 Å². The standard InChI is InChI=1S/C23H20N2O5/c26-22(27)20-21(30-13-24-20)14-9-10-25(11-14)23(28)29-12-19-17-7-3-1-5-15(17)16-6-2-4-8-18(16)19/h1-8,13-14,19H,9-12H2,(H,26,27). The van der Waals surface area contributed by atoms with Crippen molar-refractivity contribution >= 4 is 12.1 Å². The molecule has 1 atom stereocenters. The number of benzene rings is 2. The molecule has 2 aromatic carbocycles. The Morgan fingerprint density at radius 2 is 1.77 bits per heavy atom. The zero-order valence-corrected chi connectivity index (χ0v) is 16.2. The number of rotatable bonds is 4. The normalized spacial score (nSPS) is 17.6. The second kappa shape index (κ2) is 7.33. The number of aromatic carboxylic acids is 1. The Kier molecular flexibility index (Phi) is 4.50. The van der Waals surface area contributed by atoms with E-state index >= 15 is 0 Å². The van der Waals surface area contributed by atoms with E-state index in [4.69, 9.17) is 9.15 Å². The van der Waals surface area contributed by atoms with Crippen LogP contribution in [0, 0.1) is 0 Å². The van der Waals surface area contributed by atoms with Gasteiger partial charge in [-0.2, -0.15) is 0 Å². The molecule has 30 heavy (non-hydrogen) atoms. The first kappa shape index (κ1) is 18.4. The molecule has 5 rings (SSSR count). The summed E-state index contributed by atoms with van der Waals surface area (Å²) in [5, 5.41) is 9.23. The van der Waals surface area contributed by atoms with Crippen LogP contribution < -0.4 is 0 Å². The minimum atomic E-state index is -1.13. The highest BCUT2D eigenvalue weighted by molar-refractivity contribution is 5.86. The zero-order chi connectivity index (χ0) is 20.7. The van der Waals surface area contributed by atoms with E-state index in [1.165, 1.54) is 22.3 Å². The Balaban J connectivity index is 1.27. The Hall–Kier alpha value is -3.61. The lowest BCUT2D eigenvalue weighted by Crippen LogP contribution is -2.30. The molecule has 152 valence electrons. The number of carbonyl (C=O) groups is 2. The number of carboxylic acid groups (broad SMARTS) is 1. The molecule has 1 unspecified atom stereocenters. The summed E-state index contributed by atoms with van der Waals surface area (Å²) in [6, 6.07) is 16.4. The van der Waals surface area contributed by atoms with Gasteiger partial charge in [0.05, 0.1) is 0 Å². The molecule has 2 aliphatic rings. The van der Waals surface area contributed by atoms with Gasteiger partial charge in [-0.25, -0.2) is 14.6 Å². The van der Waals surface area contributed by atoms with Crippen LogP contribution in [0.2, 0.25) is 0 Å². The molecule has 7 nitrogen and oxygen atoms in total. The van der Waals surface area contributed by atoms with Gasteiger partial charge in [0.1, 0.15) is 12.4 Å².